The zero-order chi connectivity index (χ0) is 12.7. The Bertz CT molecular complexity index is 308. The third-order valence-corrected chi connectivity index (χ3v) is 3.21. The van der Waals surface area contributed by atoms with Gasteiger partial charge in [-0.05, 0) is 38.8 Å². The molecule has 2 heteroatoms. The molecule has 2 nitrogen and oxygen atoms in total. The Morgan fingerprint density at radius 2 is 1.76 bits per heavy atom. The molecule has 0 aliphatic rings. The van der Waals surface area contributed by atoms with Crippen molar-refractivity contribution in [3.63, 3.8) is 0 Å². The maximum atomic E-state index is 6.01. The molecule has 1 aromatic rings. The van der Waals surface area contributed by atoms with Crippen molar-refractivity contribution >= 4 is 0 Å². The van der Waals surface area contributed by atoms with Crippen molar-refractivity contribution < 1.29 is 4.84 Å². The summed E-state index contributed by atoms with van der Waals surface area (Å²) < 4.78 is 0. The van der Waals surface area contributed by atoms with Crippen LogP contribution in [0, 0.1) is 0 Å². The Morgan fingerprint density at radius 3 is 2.29 bits per heavy atom. The van der Waals surface area contributed by atoms with Gasteiger partial charge in [-0.1, -0.05) is 38.5 Å². The second-order valence-corrected chi connectivity index (χ2v) is 5.03. The first-order valence-electron chi connectivity index (χ1n) is 6.60. The van der Waals surface area contributed by atoms with E-state index >= 15 is 0 Å². The molecule has 0 fully saturated rings. The van der Waals surface area contributed by atoms with Gasteiger partial charge < -0.3 is 4.84 Å². The monoisotopic (exact) mass is 235 g/mol. The minimum atomic E-state index is 0.0744. The van der Waals surface area contributed by atoms with E-state index in [1.54, 1.807) is 0 Å². The van der Waals surface area contributed by atoms with Gasteiger partial charge in [0.1, 0.15) is 5.75 Å². The van der Waals surface area contributed by atoms with Crippen molar-refractivity contribution in [1.82, 2.24) is 5.06 Å². The van der Waals surface area contributed by atoms with Crippen LogP contribution in [0.5, 0.6) is 5.75 Å². The highest BCUT2D eigenvalue weighted by Gasteiger charge is 2.26. The molecule has 0 saturated carbocycles. The summed E-state index contributed by atoms with van der Waals surface area (Å²) in [5.41, 5.74) is 0.0744. The molecular formula is C15H25NO. The van der Waals surface area contributed by atoms with Crippen LogP contribution in [0.3, 0.4) is 0 Å². The fourth-order valence-corrected chi connectivity index (χ4v) is 1.56. The molecule has 0 radical (unpaired) electrons. The number of hydroxylamine groups is 2. The van der Waals surface area contributed by atoms with Crippen LogP contribution in [0.15, 0.2) is 30.3 Å². The first-order chi connectivity index (χ1) is 8.10. The molecule has 0 spiro atoms. The lowest BCUT2D eigenvalue weighted by Crippen LogP contribution is -2.46. The average molecular weight is 235 g/mol. The molecule has 17 heavy (non-hydrogen) atoms. The molecule has 0 amide bonds. The summed E-state index contributed by atoms with van der Waals surface area (Å²) in [6, 6.07) is 10.0. The molecule has 0 saturated heterocycles. The topological polar surface area (TPSA) is 12.5 Å². The van der Waals surface area contributed by atoms with Gasteiger partial charge in [0, 0.05) is 6.54 Å². The molecular weight excluding hydrogens is 210 g/mol. The van der Waals surface area contributed by atoms with Gasteiger partial charge in [-0.15, -0.1) is 5.06 Å². The van der Waals surface area contributed by atoms with Crippen LogP contribution in [-0.4, -0.2) is 17.1 Å². The van der Waals surface area contributed by atoms with E-state index in [9.17, 15) is 0 Å². The normalized spacial score (nSPS) is 11.8. The van der Waals surface area contributed by atoms with Gasteiger partial charge in [-0.3, -0.25) is 0 Å². The molecule has 0 bridgehead atoms. The summed E-state index contributed by atoms with van der Waals surface area (Å²) in [6.07, 6.45) is 3.42. The first-order valence-corrected chi connectivity index (χ1v) is 6.60. The maximum Gasteiger partial charge on any atom is 0.147 e. The van der Waals surface area contributed by atoms with Gasteiger partial charge in [0.25, 0.3) is 0 Å². The Hall–Kier alpha value is -1.02. The molecule has 0 aliphatic carbocycles. The van der Waals surface area contributed by atoms with Gasteiger partial charge in [0.2, 0.25) is 0 Å². The van der Waals surface area contributed by atoms with Crippen LogP contribution in [0.25, 0.3) is 0 Å². The highest BCUT2D eigenvalue weighted by molar-refractivity contribution is 5.20. The lowest BCUT2D eigenvalue weighted by Gasteiger charge is -2.36. The fraction of sp³-hybridized carbons (Fsp3) is 0.600. The van der Waals surface area contributed by atoms with E-state index < -0.39 is 0 Å². The van der Waals surface area contributed by atoms with Crippen LogP contribution >= 0.6 is 0 Å². The molecule has 1 rings (SSSR count). The minimum Gasteiger partial charge on any atom is -0.405 e. The van der Waals surface area contributed by atoms with E-state index in [2.05, 4.69) is 32.8 Å². The van der Waals surface area contributed by atoms with E-state index in [1.165, 1.54) is 6.42 Å². The SMILES string of the molecule is CCCCN(Oc1ccccc1)C(C)(C)CC. The van der Waals surface area contributed by atoms with Crippen molar-refractivity contribution in [1.29, 1.82) is 0 Å². The second kappa shape index (κ2) is 6.65. The molecule has 0 heterocycles. The van der Waals surface area contributed by atoms with Crippen molar-refractivity contribution in [2.24, 2.45) is 0 Å². The fourth-order valence-electron chi connectivity index (χ4n) is 1.56. The van der Waals surface area contributed by atoms with Crippen LogP contribution < -0.4 is 4.84 Å². The summed E-state index contributed by atoms with van der Waals surface area (Å²) in [4.78, 5) is 6.01. The van der Waals surface area contributed by atoms with Crippen molar-refractivity contribution in [2.75, 3.05) is 6.54 Å². The van der Waals surface area contributed by atoms with Gasteiger partial charge in [-0.2, -0.15) is 0 Å². The van der Waals surface area contributed by atoms with Crippen molar-refractivity contribution in [3.8, 4) is 5.75 Å². The summed E-state index contributed by atoms with van der Waals surface area (Å²) in [6.45, 7) is 9.84. The predicted molar refractivity (Wildman–Crippen MR) is 73.1 cm³/mol. The third kappa shape index (κ3) is 4.39. The molecule has 96 valence electrons. The van der Waals surface area contributed by atoms with Crippen LogP contribution in [0.1, 0.15) is 47.0 Å². The highest BCUT2D eigenvalue weighted by Crippen LogP contribution is 2.22. The smallest absolute Gasteiger partial charge is 0.147 e. The van der Waals surface area contributed by atoms with Gasteiger partial charge in [0.15, 0.2) is 0 Å². The minimum absolute atomic E-state index is 0.0744. The zero-order valence-electron chi connectivity index (χ0n) is 11.6. The van der Waals surface area contributed by atoms with E-state index in [0.717, 1.165) is 25.1 Å². The molecule has 0 aliphatic heterocycles. The quantitative estimate of drug-likeness (QED) is 0.654. The number of rotatable bonds is 7. The van der Waals surface area contributed by atoms with Gasteiger partial charge >= 0.3 is 0 Å². The predicted octanol–water partition coefficient (Wildman–Crippen LogP) is 4.27. The number of hydrogen-bond acceptors (Lipinski definition) is 2. The van der Waals surface area contributed by atoms with Crippen molar-refractivity contribution in [2.45, 2.75) is 52.5 Å². The van der Waals surface area contributed by atoms with Crippen molar-refractivity contribution in [3.05, 3.63) is 30.3 Å². The number of nitrogens with zero attached hydrogens (tertiary/aromatic N) is 1. The Labute approximate surface area is 106 Å². The lowest BCUT2D eigenvalue weighted by atomic mass is 10.0. The molecule has 0 unspecified atom stereocenters. The third-order valence-electron chi connectivity index (χ3n) is 3.21. The second-order valence-electron chi connectivity index (χ2n) is 5.03. The van der Waals surface area contributed by atoms with E-state index in [1.807, 2.05) is 30.3 Å². The van der Waals surface area contributed by atoms with Crippen LogP contribution in [0.4, 0.5) is 0 Å². The number of hydrogen-bond donors (Lipinski definition) is 0. The molecule has 1 aromatic carbocycles. The van der Waals surface area contributed by atoms with Crippen LogP contribution in [-0.2, 0) is 0 Å². The number of benzene rings is 1. The first kappa shape index (κ1) is 14.0. The summed E-state index contributed by atoms with van der Waals surface area (Å²) in [5.74, 6) is 0.921. The largest absolute Gasteiger partial charge is 0.405 e. The number of unbranched alkanes of at least 4 members (excludes halogenated alkanes) is 1. The summed E-state index contributed by atoms with van der Waals surface area (Å²) in [5, 5.41) is 2.12. The van der Waals surface area contributed by atoms with E-state index in [-0.39, 0.29) is 5.54 Å². The average Bonchev–Trinajstić information content (AvgIpc) is 2.35. The molecule has 0 N–H and O–H groups in total. The Morgan fingerprint density at radius 1 is 1.12 bits per heavy atom. The standard InChI is InChI=1S/C15H25NO/c1-5-7-13-16(15(3,4)6-2)17-14-11-9-8-10-12-14/h8-12H,5-7,13H2,1-4H3. The molecule has 0 aromatic heterocycles. The summed E-state index contributed by atoms with van der Waals surface area (Å²) >= 11 is 0. The maximum absolute atomic E-state index is 6.01. The van der Waals surface area contributed by atoms with Gasteiger partial charge in [0.05, 0.1) is 5.54 Å². The van der Waals surface area contributed by atoms with E-state index in [0.29, 0.717) is 0 Å². The number of para-hydroxylation sites is 1. The summed E-state index contributed by atoms with van der Waals surface area (Å²) in [7, 11) is 0. The molecule has 0 atom stereocenters. The Balaban J connectivity index is 2.70. The van der Waals surface area contributed by atoms with E-state index in [4.69, 9.17) is 4.84 Å². The highest BCUT2D eigenvalue weighted by atomic mass is 16.7. The zero-order valence-corrected chi connectivity index (χ0v) is 11.6. The lowest BCUT2D eigenvalue weighted by molar-refractivity contribution is -0.134. The van der Waals surface area contributed by atoms with Crippen LogP contribution in [0.2, 0.25) is 0 Å². The van der Waals surface area contributed by atoms with Gasteiger partial charge in [-0.25, -0.2) is 0 Å². The Kier molecular flexibility index (Phi) is 5.49.